The fourth-order valence-corrected chi connectivity index (χ4v) is 0.290. The van der Waals surface area contributed by atoms with Crippen LogP contribution in [-0.4, -0.2) is 16.8 Å². The number of halogens is 1. The third-order valence-electron chi connectivity index (χ3n) is 0.722. The summed E-state index contributed by atoms with van der Waals surface area (Å²) >= 11 is 5.50. The molecule has 0 aliphatic rings. The van der Waals surface area contributed by atoms with Crippen LogP contribution in [0.3, 0.4) is 0 Å². The highest BCUT2D eigenvalue weighted by atomic mass is 35.5. The van der Waals surface area contributed by atoms with E-state index in [0.29, 0.717) is 0 Å². The van der Waals surface area contributed by atoms with E-state index in [9.17, 15) is 9.59 Å². The van der Waals surface area contributed by atoms with Crippen molar-refractivity contribution < 1.29 is 14.3 Å². The second-order valence-electron chi connectivity index (χ2n) is 2.35. The Bertz CT molecular complexity index is 157. The first kappa shape index (κ1) is 9.43. The highest BCUT2D eigenvalue weighted by molar-refractivity contribution is 6.33. The Hall–Kier alpha value is -0.570. The summed E-state index contributed by atoms with van der Waals surface area (Å²) in [4.78, 5) is 19.8. The lowest BCUT2D eigenvalue weighted by Gasteiger charge is -2.11. The van der Waals surface area contributed by atoms with E-state index >= 15 is 0 Å². The number of hydrogen-bond donors (Lipinski definition) is 0. The predicted octanol–water partition coefficient (Wildman–Crippen LogP) is 1.09. The molecule has 58 valence electrons. The SMILES string of the molecule is CC(=O)OC(=O)C(C)(C)Cl. The van der Waals surface area contributed by atoms with Gasteiger partial charge >= 0.3 is 11.9 Å². The molecule has 0 heterocycles. The average molecular weight is 165 g/mol. The van der Waals surface area contributed by atoms with Crippen LogP contribution >= 0.6 is 11.6 Å². The number of carbonyl (C=O) groups is 2. The van der Waals surface area contributed by atoms with E-state index in [1.165, 1.54) is 13.8 Å². The molecule has 0 aromatic carbocycles. The zero-order valence-corrected chi connectivity index (χ0v) is 6.86. The number of hydrogen-bond acceptors (Lipinski definition) is 3. The van der Waals surface area contributed by atoms with Gasteiger partial charge in [0, 0.05) is 6.92 Å². The first-order valence-corrected chi connectivity index (χ1v) is 3.13. The third-order valence-corrected chi connectivity index (χ3v) is 0.876. The second kappa shape index (κ2) is 3.01. The molecule has 0 radical (unpaired) electrons. The maximum absolute atomic E-state index is 10.7. The van der Waals surface area contributed by atoms with Crippen molar-refractivity contribution in [1.29, 1.82) is 0 Å². The molecule has 4 heteroatoms. The first-order chi connectivity index (χ1) is 4.34. The molecule has 0 fully saturated rings. The van der Waals surface area contributed by atoms with Crippen molar-refractivity contribution >= 4 is 23.5 Å². The van der Waals surface area contributed by atoms with Gasteiger partial charge in [-0.15, -0.1) is 11.6 Å². The molecule has 0 amide bonds. The van der Waals surface area contributed by atoms with Crippen molar-refractivity contribution in [2.75, 3.05) is 0 Å². The van der Waals surface area contributed by atoms with Crippen LogP contribution in [0, 0.1) is 0 Å². The van der Waals surface area contributed by atoms with Crippen LogP contribution in [0.2, 0.25) is 0 Å². The van der Waals surface area contributed by atoms with Crippen LogP contribution in [0.5, 0.6) is 0 Å². The van der Waals surface area contributed by atoms with Crippen LogP contribution in [-0.2, 0) is 14.3 Å². The summed E-state index contributed by atoms with van der Waals surface area (Å²) in [7, 11) is 0. The van der Waals surface area contributed by atoms with Crippen molar-refractivity contribution in [1.82, 2.24) is 0 Å². The molecule has 0 rings (SSSR count). The lowest BCUT2D eigenvalue weighted by molar-refractivity contribution is -0.159. The van der Waals surface area contributed by atoms with E-state index in [2.05, 4.69) is 4.74 Å². The molecule has 10 heavy (non-hydrogen) atoms. The van der Waals surface area contributed by atoms with Crippen molar-refractivity contribution in [3.8, 4) is 0 Å². The van der Waals surface area contributed by atoms with Gasteiger partial charge in [0.25, 0.3) is 0 Å². The van der Waals surface area contributed by atoms with Gasteiger partial charge in [0.05, 0.1) is 0 Å². The van der Waals surface area contributed by atoms with E-state index < -0.39 is 16.8 Å². The number of rotatable bonds is 1. The predicted molar refractivity (Wildman–Crippen MR) is 36.7 cm³/mol. The third kappa shape index (κ3) is 3.45. The minimum absolute atomic E-state index is 0.640. The standard InChI is InChI=1S/C6H9ClO3/c1-4(8)10-5(9)6(2,3)7/h1-3H3. The summed E-state index contributed by atoms with van der Waals surface area (Å²) in [6, 6.07) is 0. The molecule has 0 aliphatic heterocycles. The highest BCUT2D eigenvalue weighted by Crippen LogP contribution is 2.14. The molecule has 0 unspecified atom stereocenters. The van der Waals surface area contributed by atoms with Gasteiger partial charge in [0.15, 0.2) is 0 Å². The van der Waals surface area contributed by atoms with E-state index in [1.807, 2.05) is 0 Å². The monoisotopic (exact) mass is 164 g/mol. The Kier molecular flexibility index (Phi) is 2.84. The zero-order chi connectivity index (χ0) is 8.36. The Morgan fingerprint density at radius 1 is 1.40 bits per heavy atom. The number of carbonyl (C=O) groups excluding carboxylic acids is 2. The lowest BCUT2D eigenvalue weighted by Crippen LogP contribution is -2.28. The second-order valence-corrected chi connectivity index (χ2v) is 3.30. The highest BCUT2D eigenvalue weighted by Gasteiger charge is 2.27. The fourth-order valence-electron chi connectivity index (χ4n) is 0.252. The fraction of sp³-hybridized carbons (Fsp3) is 0.667. The van der Waals surface area contributed by atoms with Gasteiger partial charge in [0.1, 0.15) is 4.87 Å². The normalized spacial score (nSPS) is 10.8. The molecule has 0 aliphatic carbocycles. The van der Waals surface area contributed by atoms with Gasteiger partial charge in [-0.1, -0.05) is 0 Å². The first-order valence-electron chi connectivity index (χ1n) is 2.76. The topological polar surface area (TPSA) is 43.4 Å². The lowest BCUT2D eigenvalue weighted by atomic mass is 10.2. The quantitative estimate of drug-likeness (QED) is 0.331. The van der Waals surface area contributed by atoms with Crippen LogP contribution in [0.1, 0.15) is 20.8 Å². The molecular weight excluding hydrogens is 156 g/mol. The van der Waals surface area contributed by atoms with Crippen LogP contribution < -0.4 is 0 Å². The summed E-state index contributed by atoms with van der Waals surface area (Å²) in [5, 5.41) is 0. The summed E-state index contributed by atoms with van der Waals surface area (Å²) < 4.78 is 4.20. The summed E-state index contributed by atoms with van der Waals surface area (Å²) in [5.74, 6) is -1.36. The van der Waals surface area contributed by atoms with Crippen LogP contribution in [0.15, 0.2) is 0 Å². The summed E-state index contributed by atoms with van der Waals surface area (Å²) in [6.07, 6.45) is 0. The minimum atomic E-state index is -1.12. The molecule has 0 aromatic rings. The molecule has 0 atom stereocenters. The number of esters is 2. The van der Waals surface area contributed by atoms with Crippen molar-refractivity contribution in [3.63, 3.8) is 0 Å². The Balaban J connectivity index is 3.99. The zero-order valence-electron chi connectivity index (χ0n) is 6.10. The van der Waals surface area contributed by atoms with Gasteiger partial charge in [-0.25, -0.2) is 4.79 Å². The molecule has 0 N–H and O–H groups in total. The average Bonchev–Trinajstić information content (AvgIpc) is 1.60. The molecule has 3 nitrogen and oxygen atoms in total. The smallest absolute Gasteiger partial charge is 0.334 e. The van der Waals surface area contributed by atoms with Gasteiger partial charge in [0.2, 0.25) is 0 Å². The van der Waals surface area contributed by atoms with E-state index in [1.54, 1.807) is 0 Å². The van der Waals surface area contributed by atoms with Crippen molar-refractivity contribution in [2.45, 2.75) is 25.6 Å². The maximum Gasteiger partial charge on any atom is 0.334 e. The van der Waals surface area contributed by atoms with Gasteiger partial charge in [-0.2, -0.15) is 0 Å². The van der Waals surface area contributed by atoms with E-state index in [-0.39, 0.29) is 0 Å². The van der Waals surface area contributed by atoms with Crippen LogP contribution in [0.25, 0.3) is 0 Å². The largest absolute Gasteiger partial charge is 0.392 e. The van der Waals surface area contributed by atoms with E-state index in [4.69, 9.17) is 11.6 Å². The van der Waals surface area contributed by atoms with Crippen LogP contribution in [0.4, 0.5) is 0 Å². The van der Waals surface area contributed by atoms with E-state index in [0.717, 1.165) is 6.92 Å². The Morgan fingerprint density at radius 2 is 1.80 bits per heavy atom. The summed E-state index contributed by atoms with van der Waals surface area (Å²) in [5.41, 5.74) is 0. The maximum atomic E-state index is 10.7. The Morgan fingerprint density at radius 3 is 1.90 bits per heavy atom. The minimum Gasteiger partial charge on any atom is -0.392 e. The molecule has 0 spiro atoms. The van der Waals surface area contributed by atoms with Crippen molar-refractivity contribution in [3.05, 3.63) is 0 Å². The van der Waals surface area contributed by atoms with Gasteiger partial charge in [-0.05, 0) is 13.8 Å². The molecule has 0 aromatic heterocycles. The molecule has 0 saturated carbocycles. The molecule has 0 saturated heterocycles. The van der Waals surface area contributed by atoms with Gasteiger partial charge < -0.3 is 4.74 Å². The van der Waals surface area contributed by atoms with Crippen molar-refractivity contribution in [2.24, 2.45) is 0 Å². The number of ether oxygens (including phenoxy) is 1. The summed E-state index contributed by atoms with van der Waals surface area (Å²) in [6.45, 7) is 4.07. The number of alkyl halides is 1. The molecule has 0 bridgehead atoms. The Labute approximate surface area is 64.3 Å². The van der Waals surface area contributed by atoms with Gasteiger partial charge in [-0.3, -0.25) is 4.79 Å². The molecular formula is C6H9ClO3.